The Morgan fingerprint density at radius 3 is 2.61 bits per heavy atom. The van der Waals surface area contributed by atoms with Crippen LogP contribution in [0, 0.1) is 11.8 Å². The quantitative estimate of drug-likeness (QED) is 0.783. The van der Waals surface area contributed by atoms with Gasteiger partial charge in [0.25, 0.3) is 0 Å². The number of nitrogens with zero attached hydrogens (tertiary/aromatic N) is 1. The number of benzene rings is 2. The third kappa shape index (κ3) is 4.13. The molecule has 0 aliphatic heterocycles. The van der Waals surface area contributed by atoms with Crippen LogP contribution in [0.1, 0.15) is 47.7 Å². The molecule has 1 aliphatic carbocycles. The molecule has 4 nitrogen and oxygen atoms in total. The zero-order valence-electron chi connectivity index (χ0n) is 17.2. The van der Waals surface area contributed by atoms with E-state index in [1.807, 2.05) is 25.3 Å². The minimum Gasteiger partial charge on any atom is -0.373 e. The number of primary amides is 1. The van der Waals surface area contributed by atoms with E-state index in [1.165, 1.54) is 12.0 Å². The van der Waals surface area contributed by atoms with Gasteiger partial charge >= 0.3 is 0 Å². The van der Waals surface area contributed by atoms with E-state index >= 15 is 0 Å². The standard InChI is InChI=1S/C24H32N2O2/c1-18-9-7-14-22(17-26(2)16-19-10-5-4-6-11-19)24(18,28-3)21-13-8-12-20(15-21)23(25)27/h4-6,8,10-13,15,18,22H,7,9,14,16-17H2,1-3H3,(H2,25,27). The normalized spacial score (nSPS) is 25.0. The molecule has 1 aliphatic rings. The van der Waals surface area contributed by atoms with Crippen molar-refractivity contribution in [2.24, 2.45) is 17.6 Å². The van der Waals surface area contributed by atoms with Gasteiger partial charge in [0.15, 0.2) is 0 Å². The lowest BCUT2D eigenvalue weighted by Crippen LogP contribution is -2.49. The predicted octanol–water partition coefficient (Wildman–Crippen LogP) is 4.20. The summed E-state index contributed by atoms with van der Waals surface area (Å²) in [4.78, 5) is 14.1. The van der Waals surface area contributed by atoms with Crippen LogP contribution in [-0.2, 0) is 16.9 Å². The fourth-order valence-electron chi connectivity index (χ4n) is 4.99. The van der Waals surface area contributed by atoms with Gasteiger partial charge in [-0.05, 0) is 49.1 Å². The van der Waals surface area contributed by atoms with Crippen LogP contribution in [0.4, 0.5) is 0 Å². The van der Waals surface area contributed by atoms with E-state index in [4.69, 9.17) is 10.5 Å². The van der Waals surface area contributed by atoms with Crippen molar-refractivity contribution >= 4 is 5.91 Å². The Hall–Kier alpha value is -2.17. The highest BCUT2D eigenvalue weighted by molar-refractivity contribution is 5.92. The van der Waals surface area contributed by atoms with Crippen molar-refractivity contribution < 1.29 is 9.53 Å². The molecule has 3 atom stereocenters. The fourth-order valence-corrected chi connectivity index (χ4v) is 4.99. The highest BCUT2D eigenvalue weighted by Gasteiger charge is 2.47. The van der Waals surface area contributed by atoms with E-state index in [2.05, 4.69) is 49.2 Å². The average molecular weight is 381 g/mol. The minimum absolute atomic E-state index is 0.345. The van der Waals surface area contributed by atoms with Gasteiger partial charge in [-0.25, -0.2) is 0 Å². The third-order valence-electron chi connectivity index (χ3n) is 6.29. The van der Waals surface area contributed by atoms with Crippen molar-refractivity contribution in [2.45, 2.75) is 38.3 Å². The van der Waals surface area contributed by atoms with Gasteiger partial charge < -0.3 is 15.4 Å². The Labute approximate surface area is 168 Å². The Kier molecular flexibility index (Phi) is 6.53. The zero-order chi connectivity index (χ0) is 20.1. The number of carbonyl (C=O) groups excluding carboxylic acids is 1. The number of rotatable bonds is 7. The summed E-state index contributed by atoms with van der Waals surface area (Å²) < 4.78 is 6.30. The van der Waals surface area contributed by atoms with Crippen molar-refractivity contribution in [1.29, 1.82) is 0 Å². The summed E-state index contributed by atoms with van der Waals surface area (Å²) in [6, 6.07) is 18.3. The first-order chi connectivity index (χ1) is 13.5. The van der Waals surface area contributed by atoms with E-state index in [1.54, 1.807) is 6.07 Å². The molecule has 1 fully saturated rings. The first-order valence-corrected chi connectivity index (χ1v) is 10.1. The van der Waals surface area contributed by atoms with Crippen molar-refractivity contribution in [3.63, 3.8) is 0 Å². The molecule has 0 bridgehead atoms. The average Bonchev–Trinajstić information content (AvgIpc) is 2.69. The summed E-state index contributed by atoms with van der Waals surface area (Å²) in [6.45, 7) is 4.12. The maximum absolute atomic E-state index is 11.7. The molecule has 0 heterocycles. The highest BCUT2D eigenvalue weighted by atomic mass is 16.5. The van der Waals surface area contributed by atoms with E-state index in [-0.39, 0.29) is 0 Å². The predicted molar refractivity (Wildman–Crippen MR) is 113 cm³/mol. The molecule has 0 spiro atoms. The number of nitrogens with two attached hydrogens (primary N) is 1. The van der Waals surface area contributed by atoms with Crippen LogP contribution in [0.2, 0.25) is 0 Å². The van der Waals surface area contributed by atoms with Gasteiger partial charge in [0.2, 0.25) is 5.91 Å². The third-order valence-corrected chi connectivity index (χ3v) is 6.29. The molecule has 2 aromatic rings. The zero-order valence-corrected chi connectivity index (χ0v) is 17.2. The number of methoxy groups -OCH3 is 1. The molecule has 4 heteroatoms. The maximum atomic E-state index is 11.7. The Morgan fingerprint density at radius 1 is 1.18 bits per heavy atom. The van der Waals surface area contributed by atoms with Gasteiger partial charge in [-0.3, -0.25) is 4.79 Å². The first kappa shape index (κ1) is 20.6. The lowest BCUT2D eigenvalue weighted by molar-refractivity contribution is -0.132. The second kappa shape index (κ2) is 8.89. The van der Waals surface area contributed by atoms with Crippen LogP contribution >= 0.6 is 0 Å². The topological polar surface area (TPSA) is 55.6 Å². The first-order valence-electron chi connectivity index (χ1n) is 10.1. The van der Waals surface area contributed by atoms with E-state index in [9.17, 15) is 4.79 Å². The molecule has 3 rings (SSSR count). The lowest BCUT2D eigenvalue weighted by Gasteiger charge is -2.49. The van der Waals surface area contributed by atoms with Crippen LogP contribution in [0.5, 0.6) is 0 Å². The van der Waals surface area contributed by atoms with Gasteiger partial charge in [-0.15, -0.1) is 0 Å². The van der Waals surface area contributed by atoms with Gasteiger partial charge in [0, 0.05) is 31.7 Å². The van der Waals surface area contributed by atoms with Crippen LogP contribution in [-0.4, -0.2) is 31.5 Å². The molecule has 0 aromatic heterocycles. The van der Waals surface area contributed by atoms with Gasteiger partial charge in [-0.1, -0.05) is 55.8 Å². The Balaban J connectivity index is 1.89. The molecule has 3 unspecified atom stereocenters. The smallest absolute Gasteiger partial charge is 0.248 e. The number of amides is 1. The summed E-state index contributed by atoms with van der Waals surface area (Å²) >= 11 is 0. The second-order valence-electron chi connectivity index (χ2n) is 8.15. The summed E-state index contributed by atoms with van der Waals surface area (Å²) in [5.41, 5.74) is 8.06. The Morgan fingerprint density at radius 2 is 1.93 bits per heavy atom. The van der Waals surface area contributed by atoms with Gasteiger partial charge in [0.1, 0.15) is 0 Å². The van der Waals surface area contributed by atoms with Crippen molar-refractivity contribution in [3.05, 3.63) is 71.3 Å². The van der Waals surface area contributed by atoms with E-state index in [0.29, 0.717) is 17.4 Å². The molecule has 0 radical (unpaired) electrons. The number of ether oxygens (including phenoxy) is 1. The van der Waals surface area contributed by atoms with Crippen molar-refractivity contribution in [3.8, 4) is 0 Å². The second-order valence-corrected chi connectivity index (χ2v) is 8.15. The SMILES string of the molecule is COC1(c2cccc(C(N)=O)c2)C(C)CCCC1CN(C)Cc1ccccc1. The fraction of sp³-hybridized carbons (Fsp3) is 0.458. The van der Waals surface area contributed by atoms with Crippen LogP contribution in [0.3, 0.4) is 0 Å². The lowest BCUT2D eigenvalue weighted by atomic mass is 9.65. The largest absolute Gasteiger partial charge is 0.373 e. The Bertz CT molecular complexity index is 792. The summed E-state index contributed by atoms with van der Waals surface area (Å²) in [5.74, 6) is 0.317. The number of hydrogen-bond acceptors (Lipinski definition) is 3. The van der Waals surface area contributed by atoms with Gasteiger partial charge in [0.05, 0.1) is 5.60 Å². The molecule has 0 saturated heterocycles. The molecule has 28 heavy (non-hydrogen) atoms. The molecule has 2 N–H and O–H groups in total. The van der Waals surface area contributed by atoms with Crippen LogP contribution < -0.4 is 5.73 Å². The number of hydrogen-bond donors (Lipinski definition) is 1. The number of carbonyl (C=O) groups is 1. The maximum Gasteiger partial charge on any atom is 0.248 e. The molecule has 2 aromatic carbocycles. The molecule has 1 amide bonds. The summed E-state index contributed by atoms with van der Waals surface area (Å²) in [5, 5.41) is 0. The van der Waals surface area contributed by atoms with Gasteiger partial charge in [-0.2, -0.15) is 0 Å². The molecular weight excluding hydrogens is 348 g/mol. The van der Waals surface area contributed by atoms with E-state index in [0.717, 1.165) is 31.5 Å². The van der Waals surface area contributed by atoms with E-state index < -0.39 is 11.5 Å². The molecule has 150 valence electrons. The molecule has 1 saturated carbocycles. The van der Waals surface area contributed by atoms with Crippen LogP contribution in [0.15, 0.2) is 54.6 Å². The summed E-state index contributed by atoms with van der Waals surface area (Å²) in [6.07, 6.45) is 3.43. The van der Waals surface area contributed by atoms with Crippen LogP contribution in [0.25, 0.3) is 0 Å². The summed E-state index contributed by atoms with van der Waals surface area (Å²) in [7, 11) is 3.98. The highest BCUT2D eigenvalue weighted by Crippen LogP contribution is 2.48. The molecular formula is C24H32N2O2. The monoisotopic (exact) mass is 380 g/mol. The van der Waals surface area contributed by atoms with Crippen molar-refractivity contribution in [1.82, 2.24) is 4.90 Å². The van der Waals surface area contributed by atoms with Crippen molar-refractivity contribution in [2.75, 3.05) is 20.7 Å². The minimum atomic E-state index is -0.408.